The fourth-order valence-corrected chi connectivity index (χ4v) is 5.62. The Morgan fingerprint density at radius 1 is 0.646 bits per heavy atom. The molecule has 0 bridgehead atoms. The van der Waals surface area contributed by atoms with Crippen LogP contribution in [0.1, 0.15) is 79.1 Å². The highest BCUT2D eigenvalue weighted by atomic mass is 16.4. The van der Waals surface area contributed by atoms with Crippen LogP contribution < -0.4 is 21.9 Å². The molecule has 2 atom stereocenters. The lowest BCUT2D eigenvalue weighted by atomic mass is 9.98. The first-order valence-corrected chi connectivity index (χ1v) is 16.7. The van der Waals surface area contributed by atoms with Gasteiger partial charge in [0.25, 0.3) is 0 Å². The summed E-state index contributed by atoms with van der Waals surface area (Å²) in [6.45, 7) is 8.16. The van der Waals surface area contributed by atoms with Crippen LogP contribution in [0.15, 0.2) is 73.0 Å². The Morgan fingerprint density at radius 2 is 1.08 bits per heavy atom. The normalized spacial score (nSPS) is 12.6. The Labute approximate surface area is 278 Å². The third-order valence-electron chi connectivity index (χ3n) is 8.52. The molecule has 5 rings (SSSR count). The molecule has 11 heteroatoms. The summed E-state index contributed by atoms with van der Waals surface area (Å²) in [5.41, 5.74) is 0.942. The van der Waals surface area contributed by atoms with E-state index < -0.39 is 11.3 Å². The van der Waals surface area contributed by atoms with E-state index in [0.717, 1.165) is 51.4 Å². The van der Waals surface area contributed by atoms with Crippen molar-refractivity contribution in [3.05, 3.63) is 75.4 Å². The first-order chi connectivity index (χ1) is 23.2. The van der Waals surface area contributed by atoms with Crippen LogP contribution in [-0.4, -0.2) is 26.8 Å². The fraction of sp³-hybridized carbons (Fsp3) is 0.378. The van der Waals surface area contributed by atoms with Gasteiger partial charge in [-0.25, -0.2) is 24.5 Å². The third-order valence-corrected chi connectivity index (χ3v) is 8.52. The molecule has 250 valence electrons. The van der Waals surface area contributed by atoms with Crippen molar-refractivity contribution >= 4 is 45.0 Å². The molecule has 5 aromatic rings. The number of anilines is 2. The van der Waals surface area contributed by atoms with E-state index in [9.17, 15) is 19.2 Å². The van der Waals surface area contributed by atoms with Crippen LogP contribution in [0.5, 0.6) is 0 Å². The summed E-state index contributed by atoms with van der Waals surface area (Å²) in [4.78, 5) is 65.2. The molecular formula is C37H41N5O6. The molecule has 2 N–H and O–H groups in total. The molecule has 0 radical (unpaired) electrons. The molecule has 0 saturated heterocycles. The third kappa shape index (κ3) is 7.84. The van der Waals surface area contributed by atoms with Gasteiger partial charge in [-0.3, -0.25) is 9.59 Å². The number of carbonyl (C=O) groups excluding carboxylic acids is 2. The molecule has 3 aromatic heterocycles. The number of unbranched alkanes of at least 4 members (excludes halogenated alkanes) is 2. The van der Waals surface area contributed by atoms with Crippen molar-refractivity contribution in [2.45, 2.75) is 79.1 Å². The average molecular weight is 652 g/mol. The zero-order chi connectivity index (χ0) is 34.2. The maximum absolute atomic E-state index is 13.0. The maximum Gasteiger partial charge on any atom is 0.347 e. The second-order valence-electron chi connectivity index (χ2n) is 12.0. The zero-order valence-electron chi connectivity index (χ0n) is 27.8. The van der Waals surface area contributed by atoms with Crippen molar-refractivity contribution in [1.82, 2.24) is 15.0 Å². The number of hydrogen-bond acceptors (Lipinski definition) is 9. The Balaban J connectivity index is 1.38. The first-order valence-electron chi connectivity index (χ1n) is 16.7. The highest BCUT2D eigenvalue weighted by Crippen LogP contribution is 2.25. The number of carbonyl (C=O) groups is 2. The summed E-state index contributed by atoms with van der Waals surface area (Å²) >= 11 is 0. The van der Waals surface area contributed by atoms with E-state index in [2.05, 4.69) is 39.4 Å². The number of fused-ring (bicyclic) bond motifs is 2. The summed E-state index contributed by atoms with van der Waals surface area (Å²) in [5, 5.41) is 6.27. The van der Waals surface area contributed by atoms with Crippen LogP contribution in [-0.2, 0) is 9.59 Å². The standard InChI is InChI=1S/C37H41N5O6/c1-5-9-12-22(7-3)32(43)38-24-16-18-28-26(20-24)36(45)47-34(41-28)30-14-11-15-31(40-30)35-42-29-19-17-25(21-27(29)37(46)48-35)39-33(44)23(8-4)13-10-6-2/h11,14-23H,5-10,12-13H2,1-4H3,(H,38,43)(H,39,44). The highest BCUT2D eigenvalue weighted by Gasteiger charge is 2.19. The van der Waals surface area contributed by atoms with Gasteiger partial charge in [-0.05, 0) is 74.2 Å². The van der Waals surface area contributed by atoms with Gasteiger partial charge in [0.2, 0.25) is 23.6 Å². The molecule has 0 aliphatic heterocycles. The molecule has 0 aliphatic carbocycles. The Hall–Kier alpha value is -5.19. The molecule has 0 saturated carbocycles. The first kappa shape index (κ1) is 34.2. The van der Waals surface area contributed by atoms with Gasteiger partial charge in [0.15, 0.2) is 0 Å². The van der Waals surface area contributed by atoms with Crippen LogP contribution in [0.3, 0.4) is 0 Å². The van der Waals surface area contributed by atoms with Gasteiger partial charge in [0.1, 0.15) is 11.4 Å². The van der Waals surface area contributed by atoms with E-state index >= 15 is 0 Å². The van der Waals surface area contributed by atoms with E-state index in [-0.39, 0.29) is 57.6 Å². The number of rotatable bonds is 14. The van der Waals surface area contributed by atoms with Crippen molar-refractivity contribution < 1.29 is 18.4 Å². The number of nitrogens with one attached hydrogen (secondary N) is 2. The van der Waals surface area contributed by atoms with Gasteiger partial charge in [-0.2, -0.15) is 0 Å². The second kappa shape index (κ2) is 15.6. The molecule has 3 heterocycles. The lowest BCUT2D eigenvalue weighted by Gasteiger charge is -2.14. The molecule has 48 heavy (non-hydrogen) atoms. The van der Waals surface area contributed by atoms with Gasteiger partial charge in [-0.15, -0.1) is 0 Å². The van der Waals surface area contributed by atoms with E-state index in [1.807, 2.05) is 13.8 Å². The van der Waals surface area contributed by atoms with Crippen LogP contribution in [0.25, 0.3) is 45.0 Å². The summed E-state index contributed by atoms with van der Waals surface area (Å²) in [5.74, 6) is -0.407. The number of nitrogens with zero attached hydrogens (tertiary/aromatic N) is 3. The van der Waals surface area contributed by atoms with E-state index in [4.69, 9.17) is 8.83 Å². The predicted octanol–water partition coefficient (Wildman–Crippen LogP) is 7.73. The molecule has 11 nitrogen and oxygen atoms in total. The second-order valence-corrected chi connectivity index (χ2v) is 12.0. The minimum atomic E-state index is -0.634. The van der Waals surface area contributed by atoms with Crippen LogP contribution in [0.4, 0.5) is 11.4 Å². The lowest BCUT2D eigenvalue weighted by molar-refractivity contribution is -0.121. The highest BCUT2D eigenvalue weighted by molar-refractivity contribution is 5.96. The predicted molar refractivity (Wildman–Crippen MR) is 187 cm³/mol. The monoisotopic (exact) mass is 651 g/mol. The number of hydrogen-bond donors (Lipinski definition) is 2. The molecule has 0 spiro atoms. The molecule has 2 aromatic carbocycles. The Kier molecular flexibility index (Phi) is 11.1. The van der Waals surface area contributed by atoms with Crippen molar-refractivity contribution in [1.29, 1.82) is 0 Å². The number of aromatic nitrogens is 3. The van der Waals surface area contributed by atoms with Crippen LogP contribution in [0, 0.1) is 11.8 Å². The smallest absolute Gasteiger partial charge is 0.347 e. The minimum Gasteiger partial charge on any atom is -0.401 e. The van der Waals surface area contributed by atoms with Gasteiger partial charge < -0.3 is 19.5 Å². The van der Waals surface area contributed by atoms with Gasteiger partial charge in [-0.1, -0.05) is 59.4 Å². The summed E-state index contributed by atoms with van der Waals surface area (Å²) in [6.07, 6.45) is 7.05. The van der Waals surface area contributed by atoms with Crippen molar-refractivity contribution in [2.24, 2.45) is 11.8 Å². The Morgan fingerprint density at radius 3 is 1.48 bits per heavy atom. The number of benzene rings is 2. The van der Waals surface area contributed by atoms with E-state index in [0.29, 0.717) is 22.4 Å². The molecule has 0 fully saturated rings. The van der Waals surface area contributed by atoms with Crippen molar-refractivity contribution in [3.8, 4) is 23.2 Å². The number of amides is 2. The minimum absolute atomic E-state index is 0.0235. The van der Waals surface area contributed by atoms with Crippen molar-refractivity contribution in [3.63, 3.8) is 0 Å². The largest absolute Gasteiger partial charge is 0.401 e. The summed E-state index contributed by atoms with van der Waals surface area (Å²) in [6, 6.07) is 14.7. The Bertz CT molecular complexity index is 1910. The summed E-state index contributed by atoms with van der Waals surface area (Å²) in [7, 11) is 0. The van der Waals surface area contributed by atoms with Crippen LogP contribution in [0.2, 0.25) is 0 Å². The van der Waals surface area contributed by atoms with Crippen LogP contribution >= 0.6 is 0 Å². The van der Waals surface area contributed by atoms with Gasteiger partial charge in [0, 0.05) is 23.2 Å². The number of pyridine rings is 1. The maximum atomic E-state index is 13.0. The average Bonchev–Trinajstić information content (AvgIpc) is 3.09. The quantitative estimate of drug-likeness (QED) is 0.123. The molecule has 2 unspecified atom stereocenters. The van der Waals surface area contributed by atoms with Gasteiger partial charge in [0.05, 0.1) is 21.8 Å². The molecule has 2 amide bonds. The molecular weight excluding hydrogens is 610 g/mol. The zero-order valence-corrected chi connectivity index (χ0v) is 27.8. The van der Waals surface area contributed by atoms with E-state index in [1.54, 1.807) is 54.6 Å². The molecule has 0 aliphatic rings. The van der Waals surface area contributed by atoms with Gasteiger partial charge >= 0.3 is 11.3 Å². The summed E-state index contributed by atoms with van der Waals surface area (Å²) < 4.78 is 11.1. The lowest BCUT2D eigenvalue weighted by Crippen LogP contribution is -2.22. The SMILES string of the molecule is CCCCC(CC)C(=O)Nc1ccc2nc(-c3cccc(-c4nc5ccc(NC(=O)C(CC)CCCC)cc5c(=O)o4)n3)oc(=O)c2c1. The van der Waals surface area contributed by atoms with Crippen molar-refractivity contribution in [2.75, 3.05) is 10.6 Å². The fourth-order valence-electron chi connectivity index (χ4n) is 5.62. The van der Waals surface area contributed by atoms with E-state index in [1.165, 1.54) is 0 Å². The topological polar surface area (TPSA) is 157 Å².